The van der Waals surface area contributed by atoms with Gasteiger partial charge in [-0.25, -0.2) is 9.59 Å². The van der Waals surface area contributed by atoms with Gasteiger partial charge in [-0.3, -0.25) is 62.8 Å². The maximum Gasteiger partial charge on any atom is 0.326 e. The Balaban J connectivity index is 1.16. The van der Waals surface area contributed by atoms with Gasteiger partial charge in [0, 0.05) is 97.0 Å². The van der Waals surface area contributed by atoms with E-state index in [1.165, 1.54) is 0 Å². The van der Waals surface area contributed by atoms with Gasteiger partial charge >= 0.3 is 35.9 Å². The summed E-state index contributed by atoms with van der Waals surface area (Å²) in [7, 11) is 0. The lowest BCUT2D eigenvalue weighted by Crippen LogP contribution is -2.53. The summed E-state index contributed by atoms with van der Waals surface area (Å²) in [6, 6.07) is 18.2. The van der Waals surface area contributed by atoms with Gasteiger partial charge in [-0.1, -0.05) is 72.8 Å². The Morgan fingerprint density at radius 1 is 0.529 bits per heavy atom. The molecule has 11 N–H and O–H groups in total. The van der Waals surface area contributed by atoms with E-state index in [-0.39, 0.29) is 136 Å². The average Bonchev–Trinajstić information content (AvgIpc) is 3.67. The predicted molar refractivity (Wildman–Crippen MR) is 307 cm³/mol. The molecular weight excluding hydrogens is 1110 g/mol. The Bertz CT molecular complexity index is 2700. The third-order valence-electron chi connectivity index (χ3n) is 14.9. The number of hydrogen-bond donors (Lipinski definition) is 11. The minimum atomic E-state index is -1.50. The third kappa shape index (κ3) is 25.6. The highest BCUT2D eigenvalue weighted by Crippen LogP contribution is 2.29. The Labute approximate surface area is 492 Å². The Morgan fingerprint density at radius 3 is 1.61 bits per heavy atom. The van der Waals surface area contributed by atoms with Crippen LogP contribution in [-0.4, -0.2) is 227 Å². The van der Waals surface area contributed by atoms with Gasteiger partial charge in [0.1, 0.15) is 18.1 Å². The monoisotopic (exact) mass is 1190 g/mol. The molecule has 0 bridgehead atoms. The Hall–Kier alpha value is -8.27. The molecule has 3 aromatic carbocycles. The van der Waals surface area contributed by atoms with E-state index in [1.54, 1.807) is 19.6 Å². The molecular formula is C58H80N10O17. The first kappa shape index (κ1) is 67.5. The van der Waals surface area contributed by atoms with Crippen LogP contribution in [-0.2, 0) is 65.5 Å². The highest BCUT2D eigenvalue weighted by Gasteiger charge is 2.32. The molecule has 3 aromatic rings. The van der Waals surface area contributed by atoms with E-state index in [1.807, 2.05) is 72.8 Å². The van der Waals surface area contributed by atoms with Crippen molar-refractivity contribution in [3.8, 4) is 0 Å². The molecule has 464 valence electrons. The molecule has 0 unspecified atom stereocenters. The first-order chi connectivity index (χ1) is 40.7. The lowest BCUT2D eigenvalue weighted by atomic mass is 9.81. The van der Waals surface area contributed by atoms with E-state index in [4.69, 9.17) is 9.84 Å². The maximum absolute atomic E-state index is 14.1. The summed E-state index contributed by atoms with van der Waals surface area (Å²) < 4.78 is 4.96. The van der Waals surface area contributed by atoms with Crippen molar-refractivity contribution in [1.82, 2.24) is 51.5 Å². The number of amides is 6. The van der Waals surface area contributed by atoms with Crippen LogP contribution in [0.4, 0.5) is 4.79 Å². The molecule has 1 aliphatic heterocycles. The standard InChI is InChI=1S/C58H80N10O17/c69-38-85-49(64-58(84)63-45(57(82)83)19-20-50(71)72)12-6-7-21-59-55(80)47(32-41-15-16-42-10-4-5-11-44(42)30-41)62-54(79)43-17-13-40(14-18-43)33-60-56(81)46(31-39-8-2-1-3-9-39)61-48(70)34-65-22-24-66(35-51(73)74)26-28-68(37-53(77)78)29-27-67(25-23-65)36-52(75)76/h1-5,8-11,15-16,30,38,40,43,45-47,49H,6-7,12-14,17-29,31-37H2,(H,59,80)(H,60,81)(H,61,70)(H,62,79)(H,71,72)(H,73,74)(H,75,76)(H,77,78)(H,82,83)(H2,63,64,84)/t40-,43-,45-,46-,47-,49+/m0/s1. The number of nitrogens with one attached hydrogen (secondary N) is 6. The van der Waals surface area contributed by atoms with E-state index in [9.17, 15) is 73.2 Å². The van der Waals surface area contributed by atoms with Gasteiger partial charge < -0.3 is 62.2 Å². The van der Waals surface area contributed by atoms with E-state index in [2.05, 4.69) is 31.9 Å². The summed E-state index contributed by atoms with van der Waals surface area (Å²) in [4.78, 5) is 144. The van der Waals surface area contributed by atoms with Crippen LogP contribution in [0.3, 0.4) is 0 Å². The van der Waals surface area contributed by atoms with Crippen molar-refractivity contribution >= 4 is 76.8 Å². The van der Waals surface area contributed by atoms with Crippen LogP contribution in [0.25, 0.3) is 10.8 Å². The Kier molecular flexibility index (Phi) is 28.4. The number of ether oxygens (including phenoxy) is 1. The SMILES string of the molecule is O=CO[C@H](CCCCNC(=O)[C@H](Cc1ccc2ccccc2c1)NC(=O)[C@H]1CC[C@H](CNC(=O)[C@H](Cc2ccccc2)NC(=O)CN2CCN(CC(=O)O)CCN(CC(=O)O)CCN(CC(=O)O)CC2)CC1)NC(=O)N[C@@H](CCC(=O)O)C(=O)O. The molecule has 1 saturated heterocycles. The number of carboxylic acids is 5. The minimum Gasteiger partial charge on any atom is -0.481 e. The fraction of sp³-hybridized carbons (Fsp3) is 0.534. The molecule has 4 atom stereocenters. The fourth-order valence-corrected chi connectivity index (χ4v) is 10.3. The summed E-state index contributed by atoms with van der Waals surface area (Å²) in [5.41, 5.74) is 1.60. The predicted octanol–water partition coefficient (Wildman–Crippen LogP) is 0.395. The van der Waals surface area contributed by atoms with Crippen molar-refractivity contribution < 1.29 is 83.0 Å². The third-order valence-corrected chi connectivity index (χ3v) is 14.9. The molecule has 0 radical (unpaired) electrons. The highest BCUT2D eigenvalue weighted by molar-refractivity contribution is 5.90. The summed E-state index contributed by atoms with van der Waals surface area (Å²) in [6.07, 6.45) is 1.16. The Morgan fingerprint density at radius 2 is 1.06 bits per heavy atom. The summed E-state index contributed by atoms with van der Waals surface area (Å²) >= 11 is 0. The number of nitrogens with zero attached hydrogens (tertiary/aromatic N) is 4. The van der Waals surface area contributed by atoms with Gasteiger partial charge in [0.2, 0.25) is 23.6 Å². The highest BCUT2D eigenvalue weighted by atomic mass is 16.5. The number of carbonyl (C=O) groups is 11. The van der Waals surface area contributed by atoms with Crippen LogP contribution in [0.15, 0.2) is 72.8 Å². The molecule has 1 aliphatic carbocycles. The van der Waals surface area contributed by atoms with Crippen molar-refractivity contribution in [2.75, 3.05) is 91.6 Å². The van der Waals surface area contributed by atoms with E-state index in [0.717, 1.165) is 21.9 Å². The summed E-state index contributed by atoms with van der Waals surface area (Å²) in [6.45, 7) is 1.08. The van der Waals surface area contributed by atoms with E-state index in [0.29, 0.717) is 38.5 Å². The fourth-order valence-electron chi connectivity index (χ4n) is 10.3. The van der Waals surface area contributed by atoms with Crippen LogP contribution < -0.4 is 31.9 Å². The van der Waals surface area contributed by atoms with Crippen molar-refractivity contribution in [1.29, 1.82) is 0 Å². The van der Waals surface area contributed by atoms with Crippen LogP contribution in [0.2, 0.25) is 0 Å². The molecule has 5 rings (SSSR count). The van der Waals surface area contributed by atoms with Crippen molar-refractivity contribution in [3.05, 3.63) is 83.9 Å². The number of unbranched alkanes of at least 4 members (excludes halogenated alkanes) is 1. The second-order valence-electron chi connectivity index (χ2n) is 21.5. The van der Waals surface area contributed by atoms with Gasteiger partial charge in [-0.2, -0.15) is 0 Å². The van der Waals surface area contributed by atoms with Gasteiger partial charge in [-0.15, -0.1) is 0 Å². The van der Waals surface area contributed by atoms with Crippen molar-refractivity contribution in [3.63, 3.8) is 0 Å². The molecule has 1 saturated carbocycles. The van der Waals surface area contributed by atoms with Gasteiger partial charge in [-0.05, 0) is 72.8 Å². The first-order valence-electron chi connectivity index (χ1n) is 28.6. The number of benzene rings is 3. The van der Waals surface area contributed by atoms with Crippen LogP contribution in [0.1, 0.15) is 68.9 Å². The molecule has 0 spiro atoms. The van der Waals surface area contributed by atoms with Crippen LogP contribution in [0.5, 0.6) is 0 Å². The lowest BCUT2D eigenvalue weighted by Gasteiger charge is -2.33. The quantitative estimate of drug-likeness (QED) is 0.0229. The number of carbonyl (C=O) groups excluding carboxylic acids is 6. The van der Waals surface area contributed by atoms with Gasteiger partial charge in [0.25, 0.3) is 6.47 Å². The number of urea groups is 1. The molecule has 27 nitrogen and oxygen atoms in total. The number of hydrogen-bond acceptors (Lipinski definition) is 16. The second-order valence-corrected chi connectivity index (χ2v) is 21.5. The zero-order valence-corrected chi connectivity index (χ0v) is 47.6. The zero-order chi connectivity index (χ0) is 61.7. The minimum absolute atomic E-state index is 0.00889. The number of aliphatic carboxylic acids is 5. The molecule has 6 amide bonds. The largest absolute Gasteiger partial charge is 0.481 e. The van der Waals surface area contributed by atoms with Crippen molar-refractivity contribution in [2.24, 2.45) is 11.8 Å². The first-order valence-corrected chi connectivity index (χ1v) is 28.6. The zero-order valence-electron chi connectivity index (χ0n) is 47.6. The number of rotatable bonds is 32. The van der Waals surface area contributed by atoms with Crippen LogP contribution in [0, 0.1) is 11.8 Å². The lowest BCUT2D eigenvalue weighted by molar-refractivity contribution is -0.141. The molecule has 27 heteroatoms. The summed E-state index contributed by atoms with van der Waals surface area (Å²) in [5, 5.41) is 65.3. The molecule has 1 heterocycles. The number of carboxylic acid groups (broad SMARTS) is 5. The molecule has 0 aromatic heterocycles. The van der Waals surface area contributed by atoms with E-state index >= 15 is 0 Å². The summed E-state index contributed by atoms with van der Waals surface area (Å²) in [5.74, 6) is -8.01. The molecule has 85 heavy (non-hydrogen) atoms. The topological polar surface area (TPSA) is 383 Å². The maximum atomic E-state index is 14.1. The van der Waals surface area contributed by atoms with Gasteiger partial charge in [0.05, 0.1) is 26.2 Å². The average molecular weight is 1190 g/mol. The smallest absolute Gasteiger partial charge is 0.326 e. The second kappa shape index (κ2) is 35.8. The molecule has 2 aliphatic rings. The van der Waals surface area contributed by atoms with Gasteiger partial charge in [0.15, 0.2) is 6.23 Å². The van der Waals surface area contributed by atoms with Crippen LogP contribution >= 0.6 is 0 Å². The normalized spacial score (nSPS) is 18.1. The molecule has 2 fully saturated rings. The number of fused-ring (bicyclic) bond motifs is 1. The van der Waals surface area contributed by atoms with Crippen molar-refractivity contribution in [2.45, 2.75) is 95.0 Å². The van der Waals surface area contributed by atoms with E-state index < -0.39 is 90.3 Å².